The number of benzene rings is 1. The maximum Gasteiger partial charge on any atom is 0.419 e. The maximum atomic E-state index is 14.0. The van der Waals surface area contributed by atoms with Crippen molar-refractivity contribution in [1.29, 1.82) is 5.26 Å². The first-order valence-electron chi connectivity index (χ1n) is 12.3. The molecule has 9 nitrogen and oxygen atoms in total. The quantitative estimate of drug-likeness (QED) is 0.306. The van der Waals surface area contributed by atoms with E-state index in [0.717, 1.165) is 38.1 Å². The predicted octanol–water partition coefficient (Wildman–Crippen LogP) is 4.56. The molecule has 0 atom stereocenters. The second-order valence-corrected chi connectivity index (χ2v) is 9.56. The van der Waals surface area contributed by atoms with Gasteiger partial charge in [-0.15, -0.1) is 5.10 Å². The van der Waals surface area contributed by atoms with Crippen LogP contribution in [0.4, 0.5) is 19.0 Å². The smallest absolute Gasteiger partial charge is 0.419 e. The third-order valence-corrected chi connectivity index (χ3v) is 6.79. The lowest BCUT2D eigenvalue weighted by molar-refractivity contribution is -0.138. The second kappa shape index (κ2) is 11.0. The van der Waals surface area contributed by atoms with Gasteiger partial charge in [0.15, 0.2) is 5.69 Å². The van der Waals surface area contributed by atoms with Gasteiger partial charge in [0.1, 0.15) is 23.2 Å². The normalized spacial score (nSPS) is 14.5. The van der Waals surface area contributed by atoms with Gasteiger partial charge in [-0.05, 0) is 42.8 Å². The first-order valence-corrected chi connectivity index (χ1v) is 12.6. The third kappa shape index (κ3) is 5.89. The number of hydrogen-bond acceptors (Lipinski definition) is 8. The minimum absolute atomic E-state index is 0.00486. The number of alkyl halides is 3. The van der Waals surface area contributed by atoms with Crippen LogP contribution in [0.1, 0.15) is 17.7 Å². The zero-order valence-corrected chi connectivity index (χ0v) is 21.7. The van der Waals surface area contributed by atoms with Crippen molar-refractivity contribution in [3.05, 3.63) is 58.9 Å². The van der Waals surface area contributed by atoms with E-state index in [0.29, 0.717) is 29.0 Å². The molecule has 0 spiro atoms. The SMILES string of the molecule is Cn1nnc2c(C#N)nc(-c3ccc(OCCCN4CCN(c5ccc(Cl)cn5)CC4)c(C(F)(F)F)c3)cc21. The number of pyridine rings is 2. The van der Waals surface area contributed by atoms with Crippen LogP contribution in [0.25, 0.3) is 22.3 Å². The number of anilines is 1. The van der Waals surface area contributed by atoms with Crippen LogP contribution in [-0.4, -0.2) is 69.2 Å². The highest BCUT2D eigenvalue weighted by molar-refractivity contribution is 6.30. The molecule has 0 amide bonds. The van der Waals surface area contributed by atoms with E-state index in [-0.39, 0.29) is 29.3 Å². The van der Waals surface area contributed by atoms with E-state index in [1.807, 2.05) is 18.2 Å². The summed E-state index contributed by atoms with van der Waals surface area (Å²) in [6.07, 6.45) is -2.43. The zero-order chi connectivity index (χ0) is 27.6. The Kier molecular flexibility index (Phi) is 7.54. The number of hydrogen-bond donors (Lipinski definition) is 0. The van der Waals surface area contributed by atoms with Crippen molar-refractivity contribution >= 4 is 28.5 Å². The van der Waals surface area contributed by atoms with Crippen LogP contribution in [-0.2, 0) is 13.2 Å². The molecule has 1 aromatic carbocycles. The van der Waals surface area contributed by atoms with E-state index in [1.54, 1.807) is 19.3 Å². The first-order chi connectivity index (χ1) is 18.7. The van der Waals surface area contributed by atoms with E-state index in [9.17, 15) is 18.4 Å². The van der Waals surface area contributed by atoms with Gasteiger partial charge >= 0.3 is 6.18 Å². The van der Waals surface area contributed by atoms with Crippen molar-refractivity contribution in [2.75, 3.05) is 44.2 Å². The van der Waals surface area contributed by atoms with Crippen molar-refractivity contribution in [1.82, 2.24) is 29.9 Å². The third-order valence-electron chi connectivity index (χ3n) is 6.57. The summed E-state index contributed by atoms with van der Waals surface area (Å²) in [7, 11) is 1.63. The highest BCUT2D eigenvalue weighted by Crippen LogP contribution is 2.39. The average Bonchev–Trinajstić information content (AvgIpc) is 3.31. The molecule has 1 fully saturated rings. The molecule has 13 heteroatoms. The summed E-state index contributed by atoms with van der Waals surface area (Å²) in [5.74, 6) is 0.634. The molecule has 0 bridgehead atoms. The molecule has 1 aliphatic rings. The Morgan fingerprint density at radius 3 is 2.59 bits per heavy atom. The number of nitriles is 1. The summed E-state index contributed by atoms with van der Waals surface area (Å²) >= 11 is 5.91. The Morgan fingerprint density at radius 1 is 1.10 bits per heavy atom. The van der Waals surface area contributed by atoms with Crippen LogP contribution >= 0.6 is 11.6 Å². The van der Waals surface area contributed by atoms with Crippen molar-refractivity contribution in [3.63, 3.8) is 0 Å². The van der Waals surface area contributed by atoms with Gasteiger partial charge in [0.2, 0.25) is 0 Å². The molecule has 1 aliphatic heterocycles. The van der Waals surface area contributed by atoms with Crippen molar-refractivity contribution in [2.45, 2.75) is 12.6 Å². The molecule has 0 radical (unpaired) electrons. The molecule has 0 unspecified atom stereocenters. The number of halogens is 4. The molecule has 39 heavy (non-hydrogen) atoms. The molecular weight excluding hydrogens is 533 g/mol. The average molecular weight is 557 g/mol. The summed E-state index contributed by atoms with van der Waals surface area (Å²) in [4.78, 5) is 13.0. The number of rotatable bonds is 7. The molecule has 202 valence electrons. The van der Waals surface area contributed by atoms with E-state index < -0.39 is 11.7 Å². The molecule has 3 aromatic heterocycles. The largest absolute Gasteiger partial charge is 0.493 e. The fourth-order valence-corrected chi connectivity index (χ4v) is 4.63. The lowest BCUT2D eigenvalue weighted by Gasteiger charge is -2.35. The standard InChI is InChI=1S/C26H24ClF3N8O/c1-36-22-14-20(33-21(15-31)25(22)34-35-36)17-3-5-23(19(13-17)26(28,29)30)39-12-2-7-37-8-10-38(11-9-37)24-6-4-18(27)16-32-24/h3-6,13-14,16H,2,7-12H2,1H3. The number of fused-ring (bicyclic) bond motifs is 1. The topological polar surface area (TPSA) is 96.0 Å². The van der Waals surface area contributed by atoms with Crippen LogP contribution in [0.5, 0.6) is 5.75 Å². The maximum absolute atomic E-state index is 14.0. The van der Waals surface area contributed by atoms with Crippen LogP contribution < -0.4 is 9.64 Å². The fourth-order valence-electron chi connectivity index (χ4n) is 4.52. The number of piperazine rings is 1. The summed E-state index contributed by atoms with van der Waals surface area (Å²) in [5, 5.41) is 17.8. The highest BCUT2D eigenvalue weighted by Gasteiger charge is 2.35. The van der Waals surface area contributed by atoms with Gasteiger partial charge in [-0.3, -0.25) is 4.90 Å². The van der Waals surface area contributed by atoms with Gasteiger partial charge in [0.25, 0.3) is 0 Å². The second-order valence-electron chi connectivity index (χ2n) is 9.12. The Hall–Kier alpha value is -3.95. The van der Waals surface area contributed by atoms with E-state index in [4.69, 9.17) is 16.3 Å². The van der Waals surface area contributed by atoms with Gasteiger partial charge in [-0.25, -0.2) is 14.6 Å². The minimum Gasteiger partial charge on any atom is -0.493 e. The summed E-state index contributed by atoms with van der Waals surface area (Å²) in [6.45, 7) is 4.10. The van der Waals surface area contributed by atoms with Gasteiger partial charge < -0.3 is 9.64 Å². The number of aryl methyl sites for hydroxylation is 1. The summed E-state index contributed by atoms with van der Waals surface area (Å²) in [5.41, 5.74) is 0.317. The Labute approximate surface area is 227 Å². The Balaban J connectivity index is 1.22. The van der Waals surface area contributed by atoms with Crippen molar-refractivity contribution < 1.29 is 17.9 Å². The van der Waals surface area contributed by atoms with E-state index in [2.05, 4.69) is 30.1 Å². The molecule has 0 saturated carbocycles. The van der Waals surface area contributed by atoms with E-state index >= 15 is 0 Å². The molecule has 0 aliphatic carbocycles. The van der Waals surface area contributed by atoms with Crippen LogP contribution in [0, 0.1) is 11.3 Å². The van der Waals surface area contributed by atoms with Crippen LogP contribution in [0.15, 0.2) is 42.6 Å². The van der Waals surface area contributed by atoms with Crippen molar-refractivity contribution in [3.8, 4) is 23.1 Å². The Morgan fingerprint density at radius 2 is 1.90 bits per heavy atom. The highest BCUT2D eigenvalue weighted by atomic mass is 35.5. The zero-order valence-electron chi connectivity index (χ0n) is 21.0. The molecular formula is C26H24ClF3N8O. The van der Waals surface area contributed by atoms with Gasteiger partial charge in [0, 0.05) is 51.5 Å². The number of ether oxygens (including phenoxy) is 1. The monoisotopic (exact) mass is 556 g/mol. The predicted molar refractivity (Wildman–Crippen MR) is 139 cm³/mol. The molecule has 4 heterocycles. The van der Waals surface area contributed by atoms with Gasteiger partial charge in [-0.2, -0.15) is 18.4 Å². The molecule has 1 saturated heterocycles. The lowest BCUT2D eigenvalue weighted by atomic mass is 10.1. The first kappa shape index (κ1) is 26.6. The number of aromatic nitrogens is 5. The number of nitrogens with zero attached hydrogens (tertiary/aromatic N) is 8. The van der Waals surface area contributed by atoms with Crippen molar-refractivity contribution in [2.24, 2.45) is 7.05 Å². The summed E-state index contributed by atoms with van der Waals surface area (Å²) < 4.78 is 48.9. The minimum atomic E-state index is -4.63. The van der Waals surface area contributed by atoms with Crippen LogP contribution in [0.2, 0.25) is 5.02 Å². The summed E-state index contributed by atoms with van der Waals surface area (Å²) in [6, 6.07) is 11.0. The lowest BCUT2D eigenvalue weighted by Crippen LogP contribution is -2.47. The van der Waals surface area contributed by atoms with Crippen LogP contribution in [0.3, 0.4) is 0 Å². The molecule has 4 aromatic rings. The van der Waals surface area contributed by atoms with Gasteiger partial charge in [-0.1, -0.05) is 16.8 Å². The molecule has 0 N–H and O–H groups in total. The van der Waals surface area contributed by atoms with E-state index in [1.165, 1.54) is 16.8 Å². The molecule has 5 rings (SSSR count). The van der Waals surface area contributed by atoms with Gasteiger partial charge in [0.05, 0.1) is 28.4 Å². The Bertz CT molecular complexity index is 1510. The fraction of sp³-hybridized carbons (Fsp3) is 0.346.